The van der Waals surface area contributed by atoms with Gasteiger partial charge in [-0.15, -0.1) is 0 Å². The molecule has 0 aliphatic carbocycles. The summed E-state index contributed by atoms with van der Waals surface area (Å²) in [5, 5.41) is 4.85. The van der Waals surface area contributed by atoms with Crippen LogP contribution in [0.4, 0.5) is 0 Å². The van der Waals surface area contributed by atoms with Crippen molar-refractivity contribution in [2.45, 2.75) is 33.7 Å². The number of nitrogens with one attached hydrogen (secondary N) is 1. The maximum Gasteiger partial charge on any atom is 0.327 e. The maximum atomic E-state index is 13.0. The van der Waals surface area contributed by atoms with Crippen LogP contribution >= 0.6 is 0 Å². The lowest BCUT2D eigenvalue weighted by Gasteiger charge is -2.16. The van der Waals surface area contributed by atoms with Crippen LogP contribution in [0.5, 0.6) is 5.75 Å². The third-order valence-electron chi connectivity index (χ3n) is 5.55. The number of allylic oxidation sites excluding steroid dienone is 3. The molecule has 0 fully saturated rings. The number of pyridine rings is 1. The Morgan fingerprint density at radius 2 is 2.16 bits per heavy atom. The van der Waals surface area contributed by atoms with Crippen molar-refractivity contribution in [2.75, 3.05) is 7.11 Å². The van der Waals surface area contributed by atoms with Crippen LogP contribution in [0, 0.1) is 13.8 Å². The van der Waals surface area contributed by atoms with Gasteiger partial charge in [0, 0.05) is 17.2 Å². The van der Waals surface area contributed by atoms with Crippen molar-refractivity contribution >= 4 is 28.2 Å². The van der Waals surface area contributed by atoms with Crippen LogP contribution in [0.2, 0.25) is 0 Å². The third-order valence-corrected chi connectivity index (χ3v) is 5.55. The van der Waals surface area contributed by atoms with E-state index >= 15 is 0 Å². The number of rotatable bonds is 6. The van der Waals surface area contributed by atoms with Gasteiger partial charge in [-0.25, -0.2) is 4.79 Å². The summed E-state index contributed by atoms with van der Waals surface area (Å²) in [5.74, 6) is 1.34. The molecule has 0 spiro atoms. The first-order chi connectivity index (χ1) is 15.4. The van der Waals surface area contributed by atoms with Gasteiger partial charge in [0.25, 0.3) is 0 Å². The first-order valence-corrected chi connectivity index (χ1v) is 10.3. The van der Waals surface area contributed by atoms with Crippen LogP contribution in [-0.2, 0) is 0 Å². The van der Waals surface area contributed by atoms with E-state index in [9.17, 15) is 4.79 Å². The van der Waals surface area contributed by atoms with Crippen molar-refractivity contribution in [3.05, 3.63) is 64.7 Å². The monoisotopic (exact) mass is 431 g/mol. The van der Waals surface area contributed by atoms with Crippen molar-refractivity contribution in [3.8, 4) is 16.9 Å². The number of H-pyrrole nitrogens is 1. The van der Waals surface area contributed by atoms with Crippen LogP contribution in [-0.4, -0.2) is 33.0 Å². The van der Waals surface area contributed by atoms with Crippen LogP contribution in [0.3, 0.4) is 0 Å². The maximum absolute atomic E-state index is 13.0. The van der Waals surface area contributed by atoms with Gasteiger partial charge in [0.1, 0.15) is 11.5 Å². The summed E-state index contributed by atoms with van der Waals surface area (Å²) >= 11 is 0. The lowest BCUT2D eigenvalue weighted by Crippen LogP contribution is -2.21. The fourth-order valence-corrected chi connectivity index (χ4v) is 4.13. The van der Waals surface area contributed by atoms with Crippen molar-refractivity contribution in [2.24, 2.45) is 4.99 Å². The second kappa shape index (κ2) is 8.30. The zero-order valence-corrected chi connectivity index (χ0v) is 18.8. The van der Waals surface area contributed by atoms with E-state index < -0.39 is 0 Å². The van der Waals surface area contributed by atoms with E-state index in [2.05, 4.69) is 26.7 Å². The molecule has 0 unspecified atom stereocenters. The quantitative estimate of drug-likeness (QED) is 0.347. The number of hydrogen-bond acceptors (Lipinski definition) is 6. The van der Waals surface area contributed by atoms with Gasteiger partial charge in [-0.3, -0.25) is 14.5 Å². The van der Waals surface area contributed by atoms with Crippen molar-refractivity contribution in [3.63, 3.8) is 0 Å². The standard InChI is InChI=1S/C24H25N5O3/c1-7-9-18(25-8-2)14(4)29-23-16-11-21(31-6)17(22-13(3)28-32-15(22)5)10-19(16)26-12-20(23)27-24(29)30/h7-12,14H,1H2,2-6H3,(H,27,30)/b18-9-,25-8?/t14-/m1/s1. The molecule has 8 heteroatoms. The molecule has 0 saturated carbocycles. The number of hydrogen-bond donors (Lipinski definition) is 1. The Kier molecular flexibility index (Phi) is 5.52. The SMILES string of the molecule is C=C/C=C(\N=CC)[C@@H](C)n1c(=O)[nH]c2cnc3cc(-c4c(C)noc4C)c(OC)cc3c21. The minimum absolute atomic E-state index is 0.239. The molecule has 4 aromatic rings. The number of benzene rings is 1. The molecule has 0 saturated heterocycles. The molecule has 8 nitrogen and oxygen atoms in total. The zero-order valence-electron chi connectivity index (χ0n) is 18.8. The summed E-state index contributed by atoms with van der Waals surface area (Å²) < 4.78 is 12.8. The molecule has 1 N–H and O–H groups in total. The number of fused-ring (bicyclic) bond motifs is 3. The van der Waals surface area contributed by atoms with Crippen LogP contribution in [0.25, 0.3) is 33.1 Å². The average Bonchev–Trinajstić information content (AvgIpc) is 3.29. The summed E-state index contributed by atoms with van der Waals surface area (Å²) in [7, 11) is 1.62. The van der Waals surface area contributed by atoms with E-state index in [-0.39, 0.29) is 11.7 Å². The van der Waals surface area contributed by atoms with Gasteiger partial charge >= 0.3 is 5.69 Å². The van der Waals surface area contributed by atoms with E-state index in [4.69, 9.17) is 9.26 Å². The Balaban J connectivity index is 2.05. The molecule has 0 amide bonds. The minimum atomic E-state index is -0.329. The number of aryl methyl sites for hydroxylation is 2. The molecule has 0 aliphatic rings. The zero-order chi connectivity index (χ0) is 23.0. The number of aromatic nitrogens is 4. The number of aliphatic imine (C=N–C) groups is 1. The third kappa shape index (κ3) is 3.33. The van der Waals surface area contributed by atoms with E-state index in [1.165, 1.54) is 0 Å². The molecular weight excluding hydrogens is 406 g/mol. The van der Waals surface area contributed by atoms with Gasteiger partial charge in [-0.05, 0) is 45.9 Å². The normalized spacial score (nSPS) is 13.3. The molecule has 32 heavy (non-hydrogen) atoms. The molecule has 0 bridgehead atoms. The average molecular weight is 431 g/mol. The summed E-state index contributed by atoms with van der Waals surface area (Å²) in [4.78, 5) is 24.9. The van der Waals surface area contributed by atoms with E-state index in [0.717, 1.165) is 38.9 Å². The Hall–Kier alpha value is -3.94. The molecule has 0 aliphatic heterocycles. The van der Waals surface area contributed by atoms with Crippen molar-refractivity contribution in [1.29, 1.82) is 0 Å². The van der Waals surface area contributed by atoms with Crippen LogP contribution in [0.1, 0.15) is 31.3 Å². The summed E-state index contributed by atoms with van der Waals surface area (Å²) in [6.45, 7) is 11.3. The van der Waals surface area contributed by atoms with E-state index in [1.54, 1.807) is 36.2 Å². The van der Waals surface area contributed by atoms with Gasteiger partial charge in [0.15, 0.2) is 0 Å². The second-order valence-electron chi connectivity index (χ2n) is 7.48. The highest BCUT2D eigenvalue weighted by molar-refractivity contribution is 6.04. The van der Waals surface area contributed by atoms with Crippen LogP contribution in [0.15, 0.2) is 57.1 Å². The van der Waals surface area contributed by atoms with Gasteiger partial charge < -0.3 is 14.2 Å². The Labute approximate surface area is 184 Å². The number of methoxy groups -OCH3 is 1. The number of imidazole rings is 1. The number of aromatic amines is 1. The highest BCUT2D eigenvalue weighted by Gasteiger charge is 2.22. The second-order valence-corrected chi connectivity index (χ2v) is 7.48. The summed E-state index contributed by atoms with van der Waals surface area (Å²) in [5.41, 5.74) is 5.05. The summed E-state index contributed by atoms with van der Waals surface area (Å²) in [6.07, 6.45) is 6.84. The molecule has 1 atom stereocenters. The van der Waals surface area contributed by atoms with Gasteiger partial charge in [0.2, 0.25) is 0 Å². The Bertz CT molecular complexity index is 1430. The first-order valence-electron chi connectivity index (χ1n) is 10.3. The highest BCUT2D eigenvalue weighted by atomic mass is 16.5. The molecule has 3 aromatic heterocycles. The number of nitrogens with zero attached hydrogens (tertiary/aromatic N) is 4. The van der Waals surface area contributed by atoms with Gasteiger partial charge in [0.05, 0.1) is 52.9 Å². The van der Waals surface area contributed by atoms with Gasteiger partial charge in [-0.1, -0.05) is 17.8 Å². The van der Waals surface area contributed by atoms with Crippen LogP contribution < -0.4 is 10.4 Å². The molecular formula is C24H25N5O3. The van der Waals surface area contributed by atoms with E-state index in [0.29, 0.717) is 17.0 Å². The van der Waals surface area contributed by atoms with Gasteiger partial charge in [-0.2, -0.15) is 0 Å². The van der Waals surface area contributed by atoms with E-state index in [1.807, 2.05) is 39.8 Å². The first kappa shape index (κ1) is 21.3. The van der Waals surface area contributed by atoms with Crippen molar-refractivity contribution in [1.82, 2.24) is 19.7 Å². The summed E-state index contributed by atoms with van der Waals surface area (Å²) in [6, 6.07) is 3.52. The lowest BCUT2D eigenvalue weighted by atomic mass is 10.0. The Morgan fingerprint density at radius 1 is 1.38 bits per heavy atom. The Morgan fingerprint density at radius 3 is 2.78 bits per heavy atom. The molecule has 1 aromatic carbocycles. The largest absolute Gasteiger partial charge is 0.496 e. The topological polar surface area (TPSA) is 98.3 Å². The van der Waals surface area contributed by atoms with Crippen molar-refractivity contribution < 1.29 is 9.26 Å². The minimum Gasteiger partial charge on any atom is -0.496 e. The number of ether oxygens (including phenoxy) is 1. The smallest absolute Gasteiger partial charge is 0.327 e. The fourth-order valence-electron chi connectivity index (χ4n) is 4.13. The highest BCUT2D eigenvalue weighted by Crippen LogP contribution is 2.39. The molecule has 3 heterocycles. The molecule has 164 valence electrons. The molecule has 4 rings (SSSR count). The molecule has 0 radical (unpaired) electrons. The predicted molar refractivity (Wildman–Crippen MR) is 127 cm³/mol. The predicted octanol–water partition coefficient (Wildman–Crippen LogP) is 4.88. The lowest BCUT2D eigenvalue weighted by molar-refractivity contribution is 0.393. The fraction of sp³-hybridized carbons (Fsp3) is 0.250.